The molecule has 15 heavy (non-hydrogen) atoms. The van der Waals surface area contributed by atoms with E-state index in [9.17, 15) is 4.79 Å². The van der Waals surface area contributed by atoms with Crippen molar-refractivity contribution in [3.8, 4) is 0 Å². The Labute approximate surface area is 90.0 Å². The summed E-state index contributed by atoms with van der Waals surface area (Å²) in [4.78, 5) is 11.8. The number of carbonyl (C=O) groups excluding carboxylic acids is 1. The minimum Gasteiger partial charge on any atom is -0.301 e. The minimum atomic E-state index is -0.418. The van der Waals surface area contributed by atoms with Gasteiger partial charge in [-0.2, -0.15) is 0 Å². The zero-order chi connectivity index (χ0) is 10.9. The van der Waals surface area contributed by atoms with E-state index in [1.165, 1.54) is 0 Å². The topological polar surface area (TPSA) is 29.1 Å². The van der Waals surface area contributed by atoms with Crippen LogP contribution >= 0.6 is 0 Å². The van der Waals surface area contributed by atoms with Crippen LogP contribution < -0.4 is 5.32 Å². The van der Waals surface area contributed by atoms with Crippen molar-refractivity contribution >= 4 is 11.4 Å². The van der Waals surface area contributed by atoms with Gasteiger partial charge in [-0.3, -0.25) is 4.79 Å². The molecule has 2 rings (SSSR count). The first-order chi connectivity index (χ1) is 7.09. The first-order valence-corrected chi connectivity index (χ1v) is 5.15. The Kier molecular flexibility index (Phi) is 2.45. The number of hydrogen-bond acceptors (Lipinski definition) is 2. The molecular formula is C13H15NO. The lowest BCUT2D eigenvalue weighted by Crippen LogP contribution is -2.49. The van der Waals surface area contributed by atoms with Crippen molar-refractivity contribution in [1.29, 1.82) is 0 Å². The molecule has 0 atom stereocenters. The minimum absolute atomic E-state index is 0.146. The Morgan fingerprint density at radius 3 is 2.47 bits per heavy atom. The Morgan fingerprint density at radius 2 is 1.87 bits per heavy atom. The van der Waals surface area contributed by atoms with E-state index < -0.39 is 5.54 Å². The van der Waals surface area contributed by atoms with Gasteiger partial charge < -0.3 is 5.32 Å². The molecule has 0 saturated carbocycles. The van der Waals surface area contributed by atoms with Crippen molar-refractivity contribution < 1.29 is 4.79 Å². The number of ketones is 1. The molecule has 0 amide bonds. The molecule has 2 heteroatoms. The molecule has 0 aromatic heterocycles. The van der Waals surface area contributed by atoms with Gasteiger partial charge >= 0.3 is 0 Å². The number of benzene rings is 1. The zero-order valence-electron chi connectivity index (χ0n) is 9.08. The molecule has 1 heterocycles. The van der Waals surface area contributed by atoms with Crippen LogP contribution in [0.1, 0.15) is 19.4 Å². The quantitative estimate of drug-likeness (QED) is 0.753. The molecule has 1 aliphatic rings. The molecular weight excluding hydrogens is 186 g/mol. The van der Waals surface area contributed by atoms with Gasteiger partial charge in [-0.15, -0.1) is 0 Å². The van der Waals surface area contributed by atoms with Crippen molar-refractivity contribution in [2.75, 3.05) is 6.54 Å². The molecule has 1 N–H and O–H groups in total. The Bertz CT molecular complexity index is 404. The fraction of sp³-hybridized carbons (Fsp3) is 0.308. The Balaban J connectivity index is 2.31. The molecule has 0 saturated heterocycles. The Morgan fingerprint density at radius 1 is 1.20 bits per heavy atom. The van der Waals surface area contributed by atoms with Crippen molar-refractivity contribution in [1.82, 2.24) is 5.32 Å². The first kappa shape index (κ1) is 10.1. The van der Waals surface area contributed by atoms with Gasteiger partial charge in [0.25, 0.3) is 0 Å². The van der Waals surface area contributed by atoms with Crippen LogP contribution in [0.5, 0.6) is 0 Å². The van der Waals surface area contributed by atoms with E-state index in [0.717, 1.165) is 17.7 Å². The third-order valence-corrected chi connectivity index (χ3v) is 2.79. The summed E-state index contributed by atoms with van der Waals surface area (Å²) in [6.07, 6.45) is 1.76. The van der Waals surface area contributed by atoms with Gasteiger partial charge in [-0.25, -0.2) is 0 Å². The van der Waals surface area contributed by atoms with Crippen LogP contribution in [0.3, 0.4) is 0 Å². The van der Waals surface area contributed by atoms with Gasteiger partial charge in [0.05, 0.1) is 5.54 Å². The van der Waals surface area contributed by atoms with Gasteiger partial charge in [-0.05, 0) is 31.1 Å². The summed E-state index contributed by atoms with van der Waals surface area (Å²) >= 11 is 0. The summed E-state index contributed by atoms with van der Waals surface area (Å²) in [5.41, 5.74) is 1.77. The second kappa shape index (κ2) is 3.63. The predicted molar refractivity (Wildman–Crippen MR) is 61.5 cm³/mol. The summed E-state index contributed by atoms with van der Waals surface area (Å²) in [5.74, 6) is 0.146. The van der Waals surface area contributed by atoms with Gasteiger partial charge in [0, 0.05) is 6.54 Å². The fourth-order valence-electron chi connectivity index (χ4n) is 1.63. The number of hydrogen-bond donors (Lipinski definition) is 1. The Hall–Kier alpha value is -1.41. The van der Waals surface area contributed by atoms with Crippen molar-refractivity contribution in [2.45, 2.75) is 19.4 Å². The number of nitrogens with one attached hydrogen (secondary N) is 1. The molecule has 0 bridgehead atoms. The van der Waals surface area contributed by atoms with Crippen molar-refractivity contribution in [3.63, 3.8) is 0 Å². The zero-order valence-corrected chi connectivity index (χ0v) is 9.08. The van der Waals surface area contributed by atoms with Gasteiger partial charge in [-0.1, -0.05) is 30.3 Å². The molecule has 1 aromatic rings. The molecule has 1 aliphatic heterocycles. The van der Waals surface area contributed by atoms with Gasteiger partial charge in [0.2, 0.25) is 0 Å². The molecule has 0 radical (unpaired) electrons. The molecule has 0 aliphatic carbocycles. The third kappa shape index (κ3) is 2.00. The fourth-order valence-corrected chi connectivity index (χ4v) is 1.63. The monoisotopic (exact) mass is 201 g/mol. The summed E-state index contributed by atoms with van der Waals surface area (Å²) in [7, 11) is 0. The van der Waals surface area contributed by atoms with Crippen LogP contribution in [0.4, 0.5) is 0 Å². The van der Waals surface area contributed by atoms with E-state index in [-0.39, 0.29) is 5.78 Å². The average Bonchev–Trinajstić information content (AvgIpc) is 2.23. The molecule has 0 spiro atoms. The van der Waals surface area contributed by atoms with E-state index in [1.807, 2.05) is 44.2 Å². The van der Waals surface area contributed by atoms with E-state index in [1.54, 1.807) is 6.08 Å². The van der Waals surface area contributed by atoms with Crippen molar-refractivity contribution in [2.24, 2.45) is 0 Å². The smallest absolute Gasteiger partial charge is 0.175 e. The highest BCUT2D eigenvalue weighted by Crippen LogP contribution is 2.20. The van der Waals surface area contributed by atoms with Crippen LogP contribution in [0, 0.1) is 0 Å². The highest BCUT2D eigenvalue weighted by molar-refractivity contribution is 6.04. The van der Waals surface area contributed by atoms with Crippen LogP contribution in [-0.4, -0.2) is 17.9 Å². The van der Waals surface area contributed by atoms with E-state index in [2.05, 4.69) is 5.32 Å². The van der Waals surface area contributed by atoms with E-state index >= 15 is 0 Å². The molecule has 1 aromatic carbocycles. The summed E-state index contributed by atoms with van der Waals surface area (Å²) < 4.78 is 0. The second-order valence-corrected chi connectivity index (χ2v) is 4.38. The molecule has 2 nitrogen and oxygen atoms in total. The maximum Gasteiger partial charge on any atom is 0.175 e. The lowest BCUT2D eigenvalue weighted by molar-refractivity contribution is -0.119. The lowest BCUT2D eigenvalue weighted by Gasteiger charge is -2.29. The van der Waals surface area contributed by atoms with Crippen LogP contribution in [0.25, 0.3) is 5.57 Å². The number of carbonyl (C=O) groups is 1. The average molecular weight is 201 g/mol. The summed E-state index contributed by atoms with van der Waals surface area (Å²) in [5, 5.41) is 3.24. The predicted octanol–water partition coefficient (Wildman–Crippen LogP) is 2.02. The molecule has 0 unspecified atom stereocenters. The second-order valence-electron chi connectivity index (χ2n) is 4.38. The van der Waals surface area contributed by atoms with E-state index in [4.69, 9.17) is 0 Å². The highest BCUT2D eigenvalue weighted by Gasteiger charge is 2.29. The summed E-state index contributed by atoms with van der Waals surface area (Å²) in [6.45, 7) is 4.57. The standard InChI is InChI=1S/C13H15NO/c1-13(2)12(15)8-11(9-14-13)10-6-4-3-5-7-10/h3-8,14H,9H2,1-2H3. The van der Waals surface area contributed by atoms with Gasteiger partial charge in [0.1, 0.15) is 0 Å². The molecule has 78 valence electrons. The maximum absolute atomic E-state index is 11.8. The lowest BCUT2D eigenvalue weighted by atomic mass is 9.90. The molecule has 0 fully saturated rings. The third-order valence-electron chi connectivity index (χ3n) is 2.79. The maximum atomic E-state index is 11.8. The van der Waals surface area contributed by atoms with Crippen LogP contribution in [-0.2, 0) is 4.79 Å². The van der Waals surface area contributed by atoms with Gasteiger partial charge in [0.15, 0.2) is 5.78 Å². The first-order valence-electron chi connectivity index (χ1n) is 5.15. The summed E-state index contributed by atoms with van der Waals surface area (Å²) in [6, 6.07) is 10.0. The van der Waals surface area contributed by atoms with Crippen molar-refractivity contribution in [3.05, 3.63) is 42.0 Å². The van der Waals surface area contributed by atoms with E-state index in [0.29, 0.717) is 0 Å². The highest BCUT2D eigenvalue weighted by atomic mass is 16.1. The van der Waals surface area contributed by atoms with Crippen LogP contribution in [0.2, 0.25) is 0 Å². The normalized spacial score (nSPS) is 19.9. The SMILES string of the molecule is CC1(C)NCC(c2ccccc2)=CC1=O. The van der Waals surface area contributed by atoms with Crippen LogP contribution in [0.15, 0.2) is 36.4 Å². The number of rotatable bonds is 1. The largest absolute Gasteiger partial charge is 0.301 e.